The molecule has 0 spiro atoms. The lowest BCUT2D eigenvalue weighted by Gasteiger charge is -2.18. The normalized spacial score (nSPS) is 16.0. The van der Waals surface area contributed by atoms with Crippen molar-refractivity contribution in [3.63, 3.8) is 0 Å². The van der Waals surface area contributed by atoms with Crippen molar-refractivity contribution >= 4 is 28.1 Å². The molecule has 7 heteroatoms. The van der Waals surface area contributed by atoms with Gasteiger partial charge in [-0.1, -0.05) is 29.5 Å². The number of aromatic nitrogens is 2. The van der Waals surface area contributed by atoms with E-state index < -0.39 is 0 Å². The third-order valence-corrected chi connectivity index (χ3v) is 5.69. The zero-order valence-electron chi connectivity index (χ0n) is 16.1. The smallest absolute Gasteiger partial charge is 0.278 e. The topological polar surface area (TPSA) is 64.5 Å². The number of carbonyl (C=O) groups excluding carboxylic acids is 1. The summed E-state index contributed by atoms with van der Waals surface area (Å²) in [5, 5.41) is 3.48. The Balaban J connectivity index is 1.23. The van der Waals surface area contributed by atoms with Gasteiger partial charge < -0.3 is 14.4 Å². The van der Waals surface area contributed by atoms with Gasteiger partial charge in [0.1, 0.15) is 23.1 Å². The molecule has 3 heterocycles. The number of rotatable bonds is 5. The number of amides is 1. The summed E-state index contributed by atoms with van der Waals surface area (Å²) in [6, 6.07) is 17.0. The highest BCUT2D eigenvalue weighted by Gasteiger charge is 2.28. The van der Waals surface area contributed by atoms with Crippen molar-refractivity contribution in [2.45, 2.75) is 12.5 Å². The van der Waals surface area contributed by atoms with Crippen molar-refractivity contribution in [3.05, 3.63) is 77.9 Å². The number of para-hydroxylation sites is 1. The number of pyridine rings is 1. The van der Waals surface area contributed by atoms with Crippen molar-refractivity contribution in [1.82, 2.24) is 14.9 Å². The van der Waals surface area contributed by atoms with E-state index in [0.29, 0.717) is 29.6 Å². The van der Waals surface area contributed by atoms with Gasteiger partial charge in [0, 0.05) is 41.7 Å². The molecule has 1 atom stereocenters. The third-order valence-electron chi connectivity index (χ3n) is 5.04. The van der Waals surface area contributed by atoms with Gasteiger partial charge in [0.2, 0.25) is 0 Å². The van der Waals surface area contributed by atoms with Crippen molar-refractivity contribution in [2.24, 2.45) is 0 Å². The van der Waals surface area contributed by atoms with Crippen molar-refractivity contribution in [2.75, 3.05) is 13.1 Å². The molecule has 1 aliphatic rings. The van der Waals surface area contributed by atoms with E-state index in [2.05, 4.69) is 9.97 Å². The lowest BCUT2D eigenvalue weighted by molar-refractivity contribution is 0.0773. The Hall–Kier alpha value is -3.45. The second-order valence-corrected chi connectivity index (χ2v) is 7.89. The highest BCUT2D eigenvalue weighted by molar-refractivity contribution is 7.11. The van der Waals surface area contributed by atoms with Gasteiger partial charge in [0.25, 0.3) is 11.1 Å². The van der Waals surface area contributed by atoms with Crippen LogP contribution in [0.3, 0.4) is 0 Å². The molecule has 1 aliphatic heterocycles. The predicted molar refractivity (Wildman–Crippen MR) is 115 cm³/mol. The maximum absolute atomic E-state index is 12.9. The van der Waals surface area contributed by atoms with Crippen molar-refractivity contribution in [1.29, 1.82) is 0 Å². The van der Waals surface area contributed by atoms with Crippen LogP contribution in [0.5, 0.6) is 16.7 Å². The Morgan fingerprint density at radius 3 is 2.73 bits per heavy atom. The van der Waals surface area contributed by atoms with Crippen molar-refractivity contribution in [3.8, 4) is 16.7 Å². The summed E-state index contributed by atoms with van der Waals surface area (Å²) >= 11 is 1.42. The summed E-state index contributed by atoms with van der Waals surface area (Å²) in [5.41, 5.74) is 1.48. The van der Waals surface area contributed by atoms with E-state index >= 15 is 0 Å². The second kappa shape index (κ2) is 8.12. The largest absolute Gasteiger partial charge is 0.486 e. The Bertz CT molecular complexity index is 1160. The minimum atomic E-state index is -0.0472. The molecule has 6 nitrogen and oxygen atoms in total. The lowest BCUT2D eigenvalue weighted by atomic mass is 10.2. The van der Waals surface area contributed by atoms with Crippen LogP contribution >= 0.6 is 11.3 Å². The molecule has 2 aromatic carbocycles. The fourth-order valence-electron chi connectivity index (χ4n) is 3.57. The molecule has 0 bridgehead atoms. The maximum Gasteiger partial charge on any atom is 0.278 e. The Kier molecular flexibility index (Phi) is 5.03. The molecule has 1 unspecified atom stereocenters. The number of likely N-dealkylation sites (tertiary alicyclic amines) is 1. The van der Waals surface area contributed by atoms with E-state index in [4.69, 9.17) is 9.47 Å². The quantitative estimate of drug-likeness (QED) is 0.468. The molecule has 1 fully saturated rings. The molecule has 5 rings (SSSR count). The van der Waals surface area contributed by atoms with Crippen LogP contribution in [-0.2, 0) is 0 Å². The summed E-state index contributed by atoms with van der Waals surface area (Å²) < 4.78 is 11.9. The minimum absolute atomic E-state index is 0.00190. The number of ether oxygens (including phenoxy) is 2. The summed E-state index contributed by atoms with van der Waals surface area (Å²) in [7, 11) is 0. The minimum Gasteiger partial charge on any atom is -0.486 e. The molecule has 2 aromatic heterocycles. The molecule has 4 aromatic rings. The fourth-order valence-corrected chi connectivity index (χ4v) is 4.07. The van der Waals surface area contributed by atoms with Gasteiger partial charge >= 0.3 is 0 Å². The van der Waals surface area contributed by atoms with Crippen LogP contribution in [0.4, 0.5) is 0 Å². The number of fused-ring (bicyclic) bond motifs is 1. The van der Waals surface area contributed by atoms with Gasteiger partial charge in [-0.05, 0) is 36.4 Å². The van der Waals surface area contributed by atoms with E-state index in [1.807, 2.05) is 40.6 Å². The number of hydrogen-bond acceptors (Lipinski definition) is 6. The average molecular weight is 417 g/mol. The Morgan fingerprint density at radius 2 is 1.90 bits per heavy atom. The number of thiazole rings is 1. The number of carbonyl (C=O) groups is 1. The molecule has 30 heavy (non-hydrogen) atoms. The molecule has 0 saturated carbocycles. The molecular formula is C23H19N3O3S. The monoisotopic (exact) mass is 417 g/mol. The predicted octanol–water partition coefficient (Wildman–Crippen LogP) is 4.78. The molecule has 1 amide bonds. The van der Waals surface area contributed by atoms with Gasteiger partial charge in [-0.15, -0.1) is 0 Å². The van der Waals surface area contributed by atoms with Crippen LogP contribution in [0.15, 0.2) is 72.4 Å². The van der Waals surface area contributed by atoms with E-state index in [9.17, 15) is 4.79 Å². The van der Waals surface area contributed by atoms with Crippen LogP contribution in [0.25, 0.3) is 10.9 Å². The average Bonchev–Trinajstić information content (AvgIpc) is 3.46. The first kappa shape index (κ1) is 18.6. The SMILES string of the molecule is O=C(c1ccc(Oc2nccs2)cc1)N1CCC(Oc2cccc3cccnc23)C1. The van der Waals surface area contributed by atoms with Crippen LogP contribution in [0.1, 0.15) is 16.8 Å². The first-order valence-electron chi connectivity index (χ1n) is 9.73. The summed E-state index contributed by atoms with van der Waals surface area (Å²) in [6.45, 7) is 1.22. The van der Waals surface area contributed by atoms with Gasteiger partial charge in [0.15, 0.2) is 0 Å². The van der Waals surface area contributed by atoms with Crippen molar-refractivity contribution < 1.29 is 14.3 Å². The first-order chi connectivity index (χ1) is 14.8. The van der Waals surface area contributed by atoms with Gasteiger partial charge in [-0.2, -0.15) is 0 Å². The molecule has 1 saturated heterocycles. The van der Waals surface area contributed by atoms with Crippen LogP contribution in [0.2, 0.25) is 0 Å². The second-order valence-electron chi connectivity index (χ2n) is 7.04. The number of benzene rings is 2. The summed E-state index contributed by atoms with van der Waals surface area (Å²) in [5.74, 6) is 1.42. The van der Waals surface area contributed by atoms with E-state index in [-0.39, 0.29) is 12.0 Å². The summed E-state index contributed by atoms with van der Waals surface area (Å²) in [4.78, 5) is 23.3. The molecule has 0 N–H and O–H groups in total. The molecular weight excluding hydrogens is 398 g/mol. The van der Waals surface area contributed by atoms with Crippen LogP contribution < -0.4 is 9.47 Å². The number of hydrogen-bond donors (Lipinski definition) is 0. The highest BCUT2D eigenvalue weighted by atomic mass is 32.1. The standard InChI is InChI=1S/C23H19N3O3S/c27-22(17-6-8-18(9-7-17)29-23-25-12-14-30-23)26-13-10-19(15-26)28-20-5-1-3-16-4-2-11-24-21(16)20/h1-9,11-12,14,19H,10,13,15H2. The van der Waals surface area contributed by atoms with E-state index in [0.717, 1.165) is 23.1 Å². The van der Waals surface area contributed by atoms with E-state index in [1.165, 1.54) is 11.3 Å². The van der Waals surface area contributed by atoms with Crippen LogP contribution in [-0.4, -0.2) is 40.0 Å². The highest BCUT2D eigenvalue weighted by Crippen LogP contribution is 2.27. The first-order valence-corrected chi connectivity index (χ1v) is 10.6. The lowest BCUT2D eigenvalue weighted by Crippen LogP contribution is -2.30. The van der Waals surface area contributed by atoms with Gasteiger partial charge in [-0.25, -0.2) is 4.98 Å². The zero-order valence-corrected chi connectivity index (χ0v) is 16.9. The van der Waals surface area contributed by atoms with Crippen LogP contribution in [0, 0.1) is 0 Å². The fraction of sp³-hybridized carbons (Fsp3) is 0.174. The molecule has 0 aliphatic carbocycles. The maximum atomic E-state index is 12.9. The van der Waals surface area contributed by atoms with Gasteiger partial charge in [0.05, 0.1) is 6.54 Å². The molecule has 0 radical (unpaired) electrons. The Morgan fingerprint density at radius 1 is 1.03 bits per heavy atom. The molecule has 150 valence electrons. The third kappa shape index (κ3) is 3.84. The van der Waals surface area contributed by atoms with Gasteiger partial charge in [-0.3, -0.25) is 9.78 Å². The summed E-state index contributed by atoms with van der Waals surface area (Å²) in [6.07, 6.45) is 4.20. The Labute approximate surface area is 177 Å². The number of nitrogens with zero attached hydrogens (tertiary/aromatic N) is 3. The van der Waals surface area contributed by atoms with E-state index in [1.54, 1.807) is 36.7 Å². The zero-order chi connectivity index (χ0) is 20.3.